The minimum absolute atomic E-state index is 0.116. The van der Waals surface area contributed by atoms with E-state index in [1.807, 2.05) is 18.2 Å². The van der Waals surface area contributed by atoms with E-state index in [0.717, 1.165) is 38.2 Å². The molecule has 0 saturated carbocycles. The molecule has 0 radical (unpaired) electrons. The number of piperidine rings is 2. The fourth-order valence-electron chi connectivity index (χ4n) is 4.26. The van der Waals surface area contributed by atoms with Gasteiger partial charge in [0.1, 0.15) is 0 Å². The summed E-state index contributed by atoms with van der Waals surface area (Å²) in [5.41, 5.74) is 2.37. The summed E-state index contributed by atoms with van der Waals surface area (Å²) < 4.78 is 0. The van der Waals surface area contributed by atoms with Crippen LogP contribution in [0.3, 0.4) is 0 Å². The topological polar surface area (TPSA) is 48.5 Å². The number of rotatable bonds is 6. The quantitative estimate of drug-likeness (QED) is 0.783. The zero-order valence-corrected chi connectivity index (χ0v) is 16.9. The van der Waals surface area contributed by atoms with E-state index < -0.39 is 0 Å². The van der Waals surface area contributed by atoms with Crippen molar-refractivity contribution >= 4 is 5.91 Å². The highest BCUT2D eigenvalue weighted by Crippen LogP contribution is 2.24. The van der Waals surface area contributed by atoms with E-state index in [9.17, 15) is 4.79 Å². The molecule has 1 unspecified atom stereocenters. The maximum absolute atomic E-state index is 12.6. The largest absolute Gasteiger partial charge is 0.350 e. The van der Waals surface area contributed by atoms with Gasteiger partial charge in [0, 0.05) is 25.3 Å². The molecule has 5 nitrogen and oxygen atoms in total. The molecule has 0 spiro atoms. The second-order valence-corrected chi connectivity index (χ2v) is 8.02. The van der Waals surface area contributed by atoms with Crippen LogP contribution in [0.15, 0.2) is 36.0 Å². The summed E-state index contributed by atoms with van der Waals surface area (Å²) in [5, 5.41) is 3.08. The van der Waals surface area contributed by atoms with Crippen molar-refractivity contribution < 1.29 is 4.79 Å². The highest BCUT2D eigenvalue weighted by Gasteiger charge is 2.31. The molecule has 2 aliphatic heterocycles. The Morgan fingerprint density at radius 3 is 2.78 bits per heavy atom. The number of nitrogens with zero attached hydrogens (tertiary/aromatic N) is 3. The van der Waals surface area contributed by atoms with E-state index in [0.29, 0.717) is 12.6 Å². The van der Waals surface area contributed by atoms with E-state index in [4.69, 9.17) is 0 Å². The van der Waals surface area contributed by atoms with Crippen LogP contribution >= 0.6 is 0 Å². The molecule has 3 heterocycles. The zero-order chi connectivity index (χ0) is 19.1. The summed E-state index contributed by atoms with van der Waals surface area (Å²) >= 11 is 0. The van der Waals surface area contributed by atoms with Crippen LogP contribution in [0.5, 0.6) is 0 Å². The number of aromatic nitrogens is 1. The molecular weight excluding hydrogens is 336 g/mol. The van der Waals surface area contributed by atoms with Crippen LogP contribution in [-0.2, 0) is 11.3 Å². The highest BCUT2D eigenvalue weighted by molar-refractivity contribution is 5.78. The number of carbonyl (C=O) groups excluding carboxylic acids is 1. The number of hydrogen-bond acceptors (Lipinski definition) is 4. The average molecular weight is 371 g/mol. The van der Waals surface area contributed by atoms with E-state index in [-0.39, 0.29) is 11.8 Å². The number of amides is 1. The third-order valence-corrected chi connectivity index (χ3v) is 6.03. The van der Waals surface area contributed by atoms with Gasteiger partial charge in [-0.1, -0.05) is 17.7 Å². The van der Waals surface area contributed by atoms with Crippen molar-refractivity contribution in [1.29, 1.82) is 0 Å². The lowest BCUT2D eigenvalue weighted by Crippen LogP contribution is -2.50. The average Bonchev–Trinajstić information content (AvgIpc) is 2.73. The molecule has 148 valence electrons. The van der Waals surface area contributed by atoms with Crippen LogP contribution in [0.2, 0.25) is 0 Å². The molecule has 27 heavy (non-hydrogen) atoms. The summed E-state index contributed by atoms with van der Waals surface area (Å²) in [6, 6.07) is 6.45. The molecule has 0 aromatic carbocycles. The van der Waals surface area contributed by atoms with Gasteiger partial charge in [-0.2, -0.15) is 0 Å². The Hall–Kier alpha value is -1.72. The minimum atomic E-state index is 0.116. The molecule has 2 saturated heterocycles. The monoisotopic (exact) mass is 370 g/mol. The van der Waals surface area contributed by atoms with E-state index in [1.165, 1.54) is 31.5 Å². The van der Waals surface area contributed by atoms with Crippen molar-refractivity contribution in [2.45, 2.75) is 52.1 Å². The smallest absolute Gasteiger partial charge is 0.224 e. The second kappa shape index (κ2) is 10.00. The van der Waals surface area contributed by atoms with E-state index >= 15 is 0 Å². The summed E-state index contributed by atoms with van der Waals surface area (Å²) in [6.07, 6.45) is 8.56. The molecule has 0 bridgehead atoms. The number of carbonyl (C=O) groups is 1. The van der Waals surface area contributed by atoms with Gasteiger partial charge < -0.3 is 5.32 Å². The first-order valence-corrected chi connectivity index (χ1v) is 10.4. The van der Waals surface area contributed by atoms with Gasteiger partial charge in [-0.3, -0.25) is 19.6 Å². The first-order valence-electron chi connectivity index (χ1n) is 10.4. The van der Waals surface area contributed by atoms with Crippen molar-refractivity contribution in [3.05, 3.63) is 41.7 Å². The van der Waals surface area contributed by atoms with Crippen molar-refractivity contribution in [3.8, 4) is 0 Å². The van der Waals surface area contributed by atoms with Crippen LogP contribution < -0.4 is 5.32 Å². The molecule has 5 heteroatoms. The van der Waals surface area contributed by atoms with Crippen LogP contribution in [-0.4, -0.2) is 59.5 Å². The van der Waals surface area contributed by atoms with Crippen LogP contribution in [0.4, 0.5) is 0 Å². The molecule has 1 aromatic heterocycles. The lowest BCUT2D eigenvalue weighted by Gasteiger charge is -2.42. The Morgan fingerprint density at radius 1 is 1.26 bits per heavy atom. The third-order valence-electron chi connectivity index (χ3n) is 6.03. The fourth-order valence-corrected chi connectivity index (χ4v) is 4.26. The molecule has 3 rings (SSSR count). The van der Waals surface area contributed by atoms with Gasteiger partial charge in [0.25, 0.3) is 0 Å². The van der Waals surface area contributed by atoms with E-state index in [2.05, 4.69) is 40.0 Å². The predicted molar refractivity (Wildman–Crippen MR) is 109 cm³/mol. The van der Waals surface area contributed by atoms with Crippen LogP contribution in [0.25, 0.3) is 0 Å². The van der Waals surface area contributed by atoms with Crippen LogP contribution in [0.1, 0.15) is 45.2 Å². The first-order chi connectivity index (χ1) is 13.2. The van der Waals surface area contributed by atoms with Gasteiger partial charge in [0.05, 0.1) is 18.2 Å². The summed E-state index contributed by atoms with van der Waals surface area (Å²) in [4.78, 5) is 22.1. The van der Waals surface area contributed by atoms with Crippen molar-refractivity contribution in [2.24, 2.45) is 5.92 Å². The Labute approximate surface area is 163 Å². The Balaban J connectivity index is 1.44. The van der Waals surface area contributed by atoms with Gasteiger partial charge in [-0.05, 0) is 71.3 Å². The Morgan fingerprint density at radius 2 is 2.07 bits per heavy atom. The molecule has 0 aliphatic carbocycles. The normalized spacial score (nSPS) is 23.3. The number of allylic oxidation sites excluding steroid dienone is 1. The van der Waals surface area contributed by atoms with Crippen molar-refractivity contribution in [3.63, 3.8) is 0 Å². The molecule has 2 aliphatic rings. The predicted octanol–water partition coefficient (Wildman–Crippen LogP) is 2.84. The summed E-state index contributed by atoms with van der Waals surface area (Å²) in [7, 11) is 0. The standard InChI is InChI=1S/C22H34N4O/c1-3-18(2)16-25-13-9-21(10-14-25)26-12-6-7-19(17-26)22(27)24-15-20-8-4-5-11-23-20/h3-5,8,11,19,21H,6-7,9-10,12-17H2,1-2H3,(H,24,27)/b18-3+. The molecule has 1 N–H and O–H groups in total. The number of likely N-dealkylation sites (tertiary alicyclic amines) is 2. The highest BCUT2D eigenvalue weighted by atomic mass is 16.1. The molecule has 1 amide bonds. The molecule has 2 fully saturated rings. The SMILES string of the molecule is C/C=C(\C)CN1CCC(N2CCCC(C(=O)NCc3ccccn3)C2)CC1. The lowest BCUT2D eigenvalue weighted by molar-refractivity contribution is -0.127. The molecule has 1 atom stereocenters. The van der Waals surface area contributed by atoms with E-state index in [1.54, 1.807) is 6.20 Å². The van der Waals surface area contributed by atoms with Gasteiger partial charge in [-0.25, -0.2) is 0 Å². The number of hydrogen-bond donors (Lipinski definition) is 1. The Kier molecular flexibility index (Phi) is 7.41. The second-order valence-electron chi connectivity index (χ2n) is 8.02. The Bertz CT molecular complexity index is 622. The van der Waals surface area contributed by atoms with Gasteiger partial charge in [0.15, 0.2) is 0 Å². The maximum atomic E-state index is 12.6. The van der Waals surface area contributed by atoms with Gasteiger partial charge >= 0.3 is 0 Å². The molecule has 1 aromatic rings. The summed E-state index contributed by atoms with van der Waals surface area (Å²) in [6.45, 7) is 10.3. The van der Waals surface area contributed by atoms with Crippen LogP contribution in [0, 0.1) is 5.92 Å². The number of nitrogens with one attached hydrogen (secondary N) is 1. The minimum Gasteiger partial charge on any atom is -0.350 e. The maximum Gasteiger partial charge on any atom is 0.224 e. The zero-order valence-electron chi connectivity index (χ0n) is 16.9. The number of pyridine rings is 1. The molecular formula is C22H34N4O. The summed E-state index contributed by atoms with van der Waals surface area (Å²) in [5.74, 6) is 0.303. The fraction of sp³-hybridized carbons (Fsp3) is 0.636. The lowest BCUT2D eigenvalue weighted by atomic mass is 9.93. The van der Waals surface area contributed by atoms with Crippen molar-refractivity contribution in [1.82, 2.24) is 20.1 Å². The van der Waals surface area contributed by atoms with Crippen molar-refractivity contribution in [2.75, 3.05) is 32.7 Å². The van der Waals surface area contributed by atoms with Gasteiger partial charge in [0.2, 0.25) is 5.91 Å². The van der Waals surface area contributed by atoms with Gasteiger partial charge in [-0.15, -0.1) is 0 Å². The first kappa shape index (κ1) is 20.0. The third kappa shape index (κ3) is 5.88.